The first-order valence-electron chi connectivity index (χ1n) is 7.91. The van der Waals surface area contributed by atoms with Crippen molar-refractivity contribution in [2.75, 3.05) is 0 Å². The van der Waals surface area contributed by atoms with Crippen LogP contribution in [0.3, 0.4) is 0 Å². The van der Waals surface area contributed by atoms with Gasteiger partial charge in [0.05, 0.1) is 0 Å². The van der Waals surface area contributed by atoms with E-state index in [1.165, 1.54) is 25.8 Å². The van der Waals surface area contributed by atoms with Crippen LogP contribution in [0.15, 0.2) is 15.8 Å². The minimum absolute atomic E-state index is 0.0719. The lowest BCUT2D eigenvalue weighted by atomic mass is 9.85. The topological polar surface area (TPSA) is 81.2 Å². The molecule has 174 valence electrons. The Balaban J connectivity index is 3.64. The number of esters is 1. The van der Waals surface area contributed by atoms with Gasteiger partial charge in [-0.1, -0.05) is 11.8 Å². The number of carbonyl (C=O) groups excluding carboxylic acids is 1. The van der Waals surface area contributed by atoms with Crippen molar-refractivity contribution in [2.45, 2.75) is 51.4 Å². The smallest absolute Gasteiger partial charge is 0.423 e. The van der Waals surface area contributed by atoms with Crippen LogP contribution >= 0.6 is 0 Å². The van der Waals surface area contributed by atoms with E-state index in [9.17, 15) is 53.9 Å². The third kappa shape index (κ3) is 5.61. The van der Waals surface area contributed by atoms with E-state index in [-0.39, 0.29) is 16.7 Å². The largest absolute Gasteiger partial charge is 0.459 e. The number of H-pyrrole nitrogens is 1. The number of rotatable bonds is 2. The number of ether oxygens (including phenoxy) is 1. The maximum Gasteiger partial charge on any atom is 0.423 e. The molecule has 0 aliphatic heterocycles. The molecular weight excluding hydrogens is 455 g/mol. The van der Waals surface area contributed by atoms with Crippen LogP contribution < -0.4 is 11.2 Å². The zero-order valence-electron chi connectivity index (χ0n) is 15.8. The standard InChI is InChI=1S/C16H13F9N2O4/c1-12(2,3)31-9(28)7-27-6-8(10(29)26-11(27)30)4-5-13(14(17,18)19,15(20,21)22)16(23,24)25/h6H,7H2,1-3H3,(H,26,29,30). The van der Waals surface area contributed by atoms with Crippen LogP contribution in [0.5, 0.6) is 0 Å². The van der Waals surface area contributed by atoms with Crippen molar-refractivity contribution < 1.29 is 49.0 Å². The summed E-state index contributed by atoms with van der Waals surface area (Å²) >= 11 is 0. The molecule has 0 spiro atoms. The summed E-state index contributed by atoms with van der Waals surface area (Å²) in [6.45, 7) is 3.33. The normalized spacial score (nSPS) is 13.4. The average molecular weight is 468 g/mol. The average Bonchev–Trinajstić information content (AvgIpc) is 2.45. The zero-order valence-corrected chi connectivity index (χ0v) is 15.8. The van der Waals surface area contributed by atoms with Crippen LogP contribution in [0.25, 0.3) is 0 Å². The molecule has 1 rings (SSSR count). The summed E-state index contributed by atoms with van der Waals surface area (Å²) in [5, 5.41) is 0. The Kier molecular flexibility index (Phi) is 6.71. The van der Waals surface area contributed by atoms with Gasteiger partial charge < -0.3 is 4.74 Å². The molecule has 0 fully saturated rings. The minimum Gasteiger partial charge on any atom is -0.459 e. The third-order valence-corrected chi connectivity index (χ3v) is 3.39. The van der Waals surface area contributed by atoms with Gasteiger partial charge >= 0.3 is 35.6 Å². The van der Waals surface area contributed by atoms with Crippen molar-refractivity contribution in [3.8, 4) is 11.8 Å². The predicted molar refractivity (Wildman–Crippen MR) is 84.6 cm³/mol. The summed E-state index contributed by atoms with van der Waals surface area (Å²) in [4.78, 5) is 36.5. The molecule has 0 unspecified atom stereocenters. The molecule has 6 nitrogen and oxygen atoms in total. The van der Waals surface area contributed by atoms with E-state index in [4.69, 9.17) is 4.74 Å². The number of aromatic nitrogens is 2. The maximum atomic E-state index is 12.9. The highest BCUT2D eigenvalue weighted by Gasteiger charge is 2.83. The molecule has 0 aromatic carbocycles. The fourth-order valence-corrected chi connectivity index (χ4v) is 2.08. The summed E-state index contributed by atoms with van der Waals surface area (Å²) in [5.41, 5.74) is -11.9. The maximum absolute atomic E-state index is 12.9. The van der Waals surface area contributed by atoms with Gasteiger partial charge in [0.1, 0.15) is 17.7 Å². The van der Waals surface area contributed by atoms with Crippen molar-refractivity contribution in [1.29, 1.82) is 0 Å². The van der Waals surface area contributed by atoms with Gasteiger partial charge in [0.15, 0.2) is 0 Å². The third-order valence-electron chi connectivity index (χ3n) is 3.39. The van der Waals surface area contributed by atoms with Crippen molar-refractivity contribution >= 4 is 5.97 Å². The molecule has 0 aliphatic rings. The molecule has 0 radical (unpaired) electrons. The zero-order chi connectivity index (χ0) is 24.6. The summed E-state index contributed by atoms with van der Waals surface area (Å²) in [7, 11) is 0. The highest BCUT2D eigenvalue weighted by atomic mass is 19.4. The Hall–Kier alpha value is -2.92. The lowest BCUT2D eigenvalue weighted by molar-refractivity contribution is -0.402. The molecule has 1 heterocycles. The number of nitrogens with zero attached hydrogens (tertiary/aromatic N) is 1. The number of hydrogen-bond donors (Lipinski definition) is 1. The first kappa shape index (κ1) is 26.1. The molecule has 0 saturated heterocycles. The fraction of sp³-hybridized carbons (Fsp3) is 0.562. The van der Waals surface area contributed by atoms with E-state index in [2.05, 4.69) is 0 Å². The van der Waals surface area contributed by atoms with Crippen LogP contribution in [0.4, 0.5) is 39.5 Å². The Bertz CT molecular complexity index is 976. The van der Waals surface area contributed by atoms with Gasteiger partial charge in [0.2, 0.25) is 0 Å². The first-order valence-corrected chi connectivity index (χ1v) is 7.91. The van der Waals surface area contributed by atoms with Crippen molar-refractivity contribution in [2.24, 2.45) is 5.41 Å². The molecular formula is C16H13F9N2O4. The van der Waals surface area contributed by atoms with Gasteiger partial charge in [-0.05, 0) is 20.8 Å². The number of halogens is 9. The number of alkyl halides is 9. The molecule has 0 atom stereocenters. The van der Waals surface area contributed by atoms with E-state index >= 15 is 0 Å². The van der Waals surface area contributed by atoms with Crippen molar-refractivity contribution in [1.82, 2.24) is 9.55 Å². The minimum atomic E-state index is -6.95. The SMILES string of the molecule is CC(C)(C)OC(=O)Cn1cc(C#CC(C(F)(F)F)(C(F)(F)F)C(F)(F)F)c(=O)[nH]c1=O. The predicted octanol–water partition coefficient (Wildman–Crippen LogP) is 2.90. The quantitative estimate of drug-likeness (QED) is 0.411. The molecule has 1 aromatic rings. The second-order valence-corrected chi connectivity index (χ2v) is 7.01. The van der Waals surface area contributed by atoms with Crippen molar-refractivity contribution in [3.05, 3.63) is 32.6 Å². The summed E-state index contributed by atoms with van der Waals surface area (Å²) in [6, 6.07) is 0. The molecule has 15 heteroatoms. The monoisotopic (exact) mass is 468 g/mol. The summed E-state index contributed by atoms with van der Waals surface area (Å²) < 4.78 is 121. The van der Waals surface area contributed by atoms with E-state index in [1.54, 1.807) is 0 Å². The van der Waals surface area contributed by atoms with Gasteiger partial charge in [-0.25, -0.2) is 4.79 Å². The lowest BCUT2D eigenvalue weighted by Gasteiger charge is -2.34. The van der Waals surface area contributed by atoms with E-state index in [1.807, 2.05) is 0 Å². The number of nitrogens with one attached hydrogen (secondary N) is 1. The summed E-state index contributed by atoms with van der Waals surface area (Å²) in [6.07, 6.45) is -20.6. The van der Waals surface area contributed by atoms with Gasteiger partial charge in [0, 0.05) is 6.20 Å². The van der Waals surface area contributed by atoms with Crippen LogP contribution in [-0.4, -0.2) is 39.7 Å². The molecule has 1 N–H and O–H groups in total. The van der Waals surface area contributed by atoms with Gasteiger partial charge in [-0.3, -0.25) is 19.1 Å². The van der Waals surface area contributed by atoms with E-state index in [0.29, 0.717) is 0 Å². The Morgan fingerprint density at radius 2 is 1.42 bits per heavy atom. The first-order chi connectivity index (χ1) is 13.6. The molecule has 31 heavy (non-hydrogen) atoms. The Morgan fingerprint density at radius 3 is 1.81 bits per heavy atom. The molecule has 1 aromatic heterocycles. The second kappa shape index (κ2) is 7.97. The lowest BCUT2D eigenvalue weighted by Crippen LogP contribution is -2.58. The highest BCUT2D eigenvalue weighted by molar-refractivity contribution is 5.69. The number of hydrogen-bond acceptors (Lipinski definition) is 4. The van der Waals surface area contributed by atoms with Crippen LogP contribution in [0.1, 0.15) is 26.3 Å². The molecule has 0 aliphatic carbocycles. The molecule has 0 saturated carbocycles. The fourth-order valence-electron chi connectivity index (χ4n) is 2.08. The Morgan fingerprint density at radius 1 is 0.968 bits per heavy atom. The summed E-state index contributed by atoms with van der Waals surface area (Å²) in [5.74, 6) is -0.132. The molecule has 0 amide bonds. The Labute approximate surface area is 167 Å². The van der Waals surface area contributed by atoms with E-state index in [0.717, 1.165) is 5.92 Å². The van der Waals surface area contributed by atoms with Gasteiger partial charge in [-0.2, -0.15) is 39.5 Å². The van der Waals surface area contributed by atoms with Crippen LogP contribution in [0.2, 0.25) is 0 Å². The highest BCUT2D eigenvalue weighted by Crippen LogP contribution is 2.58. The van der Waals surface area contributed by atoms with Crippen molar-refractivity contribution in [3.63, 3.8) is 0 Å². The van der Waals surface area contributed by atoms with Gasteiger partial charge in [-0.15, -0.1) is 0 Å². The van der Waals surface area contributed by atoms with E-state index < -0.39 is 58.9 Å². The number of carbonyl (C=O) groups is 1. The van der Waals surface area contributed by atoms with Crippen LogP contribution in [-0.2, 0) is 16.1 Å². The number of aromatic amines is 1. The van der Waals surface area contributed by atoms with Crippen LogP contribution in [0, 0.1) is 17.3 Å². The van der Waals surface area contributed by atoms with Gasteiger partial charge in [0.25, 0.3) is 5.56 Å². The molecule has 0 bridgehead atoms. The second-order valence-electron chi connectivity index (χ2n) is 7.01.